The number of methoxy groups -OCH3 is 1. The number of aromatic nitrogens is 3. The quantitative estimate of drug-likeness (QED) is 0.148. The van der Waals surface area contributed by atoms with E-state index in [4.69, 9.17) is 9.47 Å². The Kier molecular flexibility index (Phi) is 9.06. The lowest BCUT2D eigenvalue weighted by Gasteiger charge is -2.04. The maximum atomic E-state index is 11.9. The van der Waals surface area contributed by atoms with Gasteiger partial charge in [0.2, 0.25) is 0 Å². The van der Waals surface area contributed by atoms with Crippen LogP contribution in [0.25, 0.3) is 5.69 Å². The Morgan fingerprint density at radius 3 is 2.25 bits per heavy atom. The molecule has 2 aromatic carbocycles. The summed E-state index contributed by atoms with van der Waals surface area (Å²) in [6.07, 6.45) is 7.78. The van der Waals surface area contributed by atoms with Gasteiger partial charge in [-0.3, -0.25) is 4.79 Å². The average molecular weight is 436 g/mol. The highest BCUT2D eigenvalue weighted by molar-refractivity contribution is 5.72. The van der Waals surface area contributed by atoms with Gasteiger partial charge < -0.3 is 9.47 Å². The molecule has 8 nitrogen and oxygen atoms in total. The van der Waals surface area contributed by atoms with Crippen LogP contribution in [-0.4, -0.2) is 28.1 Å². The van der Waals surface area contributed by atoms with Gasteiger partial charge in [0.25, 0.3) is 0 Å². The summed E-state index contributed by atoms with van der Waals surface area (Å²) in [5.74, 6) is 0.324. The van der Waals surface area contributed by atoms with E-state index in [0.29, 0.717) is 30.2 Å². The first-order chi connectivity index (χ1) is 15.7. The van der Waals surface area contributed by atoms with Gasteiger partial charge in [0, 0.05) is 13.5 Å². The van der Waals surface area contributed by atoms with E-state index < -0.39 is 0 Å². The van der Waals surface area contributed by atoms with Crippen LogP contribution in [0.1, 0.15) is 51.1 Å². The number of rotatable bonds is 12. The van der Waals surface area contributed by atoms with Crippen LogP contribution in [-0.2, 0) is 16.1 Å². The number of hydrogen-bond donors (Lipinski definition) is 0. The molecule has 1 aromatic heterocycles. The van der Waals surface area contributed by atoms with Crippen LogP contribution in [0.3, 0.4) is 0 Å². The van der Waals surface area contributed by atoms with E-state index >= 15 is 0 Å². The Bertz CT molecular complexity index is 997. The van der Waals surface area contributed by atoms with Crippen molar-refractivity contribution in [1.82, 2.24) is 15.0 Å². The Morgan fingerprint density at radius 2 is 1.59 bits per heavy atom. The molecule has 0 N–H and O–H groups in total. The van der Waals surface area contributed by atoms with Gasteiger partial charge in [-0.25, -0.2) is 4.68 Å². The van der Waals surface area contributed by atoms with Crippen LogP contribution >= 0.6 is 0 Å². The maximum absolute atomic E-state index is 11.9. The second-order valence-corrected chi connectivity index (χ2v) is 7.44. The molecule has 0 atom stereocenters. The summed E-state index contributed by atoms with van der Waals surface area (Å²) < 4.78 is 12.1. The van der Waals surface area contributed by atoms with Gasteiger partial charge in [-0.1, -0.05) is 37.8 Å². The highest BCUT2D eigenvalue weighted by atomic mass is 16.5. The van der Waals surface area contributed by atoms with Crippen molar-refractivity contribution in [3.8, 4) is 11.4 Å². The molecule has 168 valence electrons. The summed E-state index contributed by atoms with van der Waals surface area (Å²) in [7, 11) is 1.62. The van der Waals surface area contributed by atoms with Gasteiger partial charge >= 0.3 is 5.97 Å². The molecular weight excluding hydrogens is 406 g/mol. The molecule has 32 heavy (non-hydrogen) atoms. The molecule has 3 rings (SSSR count). The molecule has 0 radical (unpaired) electrons. The molecular formula is C24H29N5O3. The fraction of sp³-hybridized carbons (Fsp3) is 0.375. The molecule has 0 unspecified atom stereocenters. The summed E-state index contributed by atoms with van der Waals surface area (Å²) >= 11 is 0. The van der Waals surface area contributed by atoms with Gasteiger partial charge in [-0.2, -0.15) is 10.2 Å². The number of azo groups is 1. The minimum Gasteiger partial charge on any atom is -0.427 e. The fourth-order valence-corrected chi connectivity index (χ4v) is 3.06. The molecule has 0 bridgehead atoms. The first-order valence-corrected chi connectivity index (χ1v) is 10.9. The molecule has 0 saturated heterocycles. The third-order valence-corrected chi connectivity index (χ3v) is 4.78. The van der Waals surface area contributed by atoms with Crippen molar-refractivity contribution in [3.05, 3.63) is 60.4 Å². The first-order valence-electron chi connectivity index (χ1n) is 10.9. The molecule has 0 aliphatic rings. The van der Waals surface area contributed by atoms with Crippen molar-refractivity contribution in [1.29, 1.82) is 0 Å². The number of carbonyl (C=O) groups excluding carboxylic acids is 1. The zero-order valence-electron chi connectivity index (χ0n) is 18.6. The Morgan fingerprint density at radius 1 is 0.938 bits per heavy atom. The Hall–Kier alpha value is -3.39. The van der Waals surface area contributed by atoms with Crippen LogP contribution in [0.4, 0.5) is 11.4 Å². The third-order valence-electron chi connectivity index (χ3n) is 4.78. The van der Waals surface area contributed by atoms with E-state index in [1.54, 1.807) is 36.1 Å². The van der Waals surface area contributed by atoms with Crippen LogP contribution < -0.4 is 4.74 Å². The van der Waals surface area contributed by atoms with Crippen molar-refractivity contribution >= 4 is 17.3 Å². The fourth-order valence-electron chi connectivity index (χ4n) is 3.06. The summed E-state index contributed by atoms with van der Waals surface area (Å²) in [5.41, 5.74) is 3.02. The minimum atomic E-state index is -0.197. The van der Waals surface area contributed by atoms with E-state index in [1.165, 1.54) is 19.3 Å². The van der Waals surface area contributed by atoms with Gasteiger partial charge in [-0.15, -0.1) is 5.10 Å². The smallest absolute Gasteiger partial charge is 0.311 e. The van der Waals surface area contributed by atoms with Gasteiger partial charge in [0.05, 0.1) is 29.9 Å². The normalized spacial score (nSPS) is 11.2. The van der Waals surface area contributed by atoms with Crippen molar-refractivity contribution in [2.24, 2.45) is 10.2 Å². The number of carbonyl (C=O) groups is 1. The van der Waals surface area contributed by atoms with Crippen molar-refractivity contribution < 1.29 is 14.3 Å². The van der Waals surface area contributed by atoms with E-state index in [9.17, 15) is 4.79 Å². The lowest BCUT2D eigenvalue weighted by molar-refractivity contribution is -0.134. The van der Waals surface area contributed by atoms with E-state index in [2.05, 4.69) is 27.5 Å². The van der Waals surface area contributed by atoms with E-state index in [1.807, 2.05) is 30.5 Å². The first kappa shape index (κ1) is 23.3. The zero-order chi connectivity index (χ0) is 22.6. The number of esters is 1. The average Bonchev–Trinajstić information content (AvgIpc) is 3.28. The largest absolute Gasteiger partial charge is 0.427 e. The predicted octanol–water partition coefficient (Wildman–Crippen LogP) is 6.10. The third kappa shape index (κ3) is 7.39. The summed E-state index contributed by atoms with van der Waals surface area (Å²) in [6, 6.07) is 14.5. The van der Waals surface area contributed by atoms with Crippen LogP contribution in [0.2, 0.25) is 0 Å². The Balaban J connectivity index is 1.49. The maximum Gasteiger partial charge on any atom is 0.311 e. The Labute approximate surface area is 188 Å². The van der Waals surface area contributed by atoms with E-state index in [0.717, 1.165) is 24.2 Å². The van der Waals surface area contributed by atoms with Crippen LogP contribution in [0.5, 0.6) is 5.75 Å². The molecule has 1 heterocycles. The summed E-state index contributed by atoms with van der Waals surface area (Å²) in [4.78, 5) is 11.9. The molecule has 3 aromatic rings. The van der Waals surface area contributed by atoms with Gasteiger partial charge in [0.1, 0.15) is 11.4 Å². The number of ether oxygens (including phenoxy) is 2. The molecule has 0 fully saturated rings. The van der Waals surface area contributed by atoms with E-state index in [-0.39, 0.29) is 5.97 Å². The minimum absolute atomic E-state index is 0.197. The molecule has 0 spiro atoms. The second-order valence-electron chi connectivity index (χ2n) is 7.44. The van der Waals surface area contributed by atoms with Crippen LogP contribution in [0.15, 0.2) is 65.0 Å². The highest BCUT2D eigenvalue weighted by Crippen LogP contribution is 2.22. The van der Waals surface area contributed by atoms with Crippen molar-refractivity contribution in [3.63, 3.8) is 0 Å². The van der Waals surface area contributed by atoms with Crippen molar-refractivity contribution in [2.45, 2.75) is 52.1 Å². The number of unbranched alkanes of at least 4 members (excludes halogenated alkanes) is 4. The summed E-state index contributed by atoms with van der Waals surface area (Å²) in [6.45, 7) is 2.59. The molecule has 0 aliphatic carbocycles. The highest BCUT2D eigenvalue weighted by Gasteiger charge is 2.05. The molecule has 0 saturated carbocycles. The lowest BCUT2D eigenvalue weighted by atomic mass is 10.1. The monoisotopic (exact) mass is 435 g/mol. The lowest BCUT2D eigenvalue weighted by Crippen LogP contribution is -2.07. The topological polar surface area (TPSA) is 91.0 Å². The molecule has 0 aliphatic heterocycles. The van der Waals surface area contributed by atoms with Crippen molar-refractivity contribution in [2.75, 3.05) is 7.11 Å². The second kappa shape index (κ2) is 12.5. The zero-order valence-corrected chi connectivity index (χ0v) is 18.6. The van der Waals surface area contributed by atoms with Crippen LogP contribution in [0, 0.1) is 0 Å². The SMILES string of the molecule is CCCCCCCC(=O)Oc1ccc(N=Nc2ccc(-n3cc(COC)nn3)cc2)cc1. The van der Waals surface area contributed by atoms with Gasteiger partial charge in [0.15, 0.2) is 0 Å². The van der Waals surface area contributed by atoms with Gasteiger partial charge in [-0.05, 0) is 55.0 Å². The number of benzene rings is 2. The molecule has 8 heteroatoms. The standard InChI is InChI=1S/C24H29N5O3/c1-3-4-5-6-7-8-24(30)32-23-15-11-20(12-16-23)26-25-19-9-13-22(14-10-19)29-17-21(18-31-2)27-28-29/h9-17H,3-8,18H2,1-2H3. The predicted molar refractivity (Wildman–Crippen MR) is 122 cm³/mol. The number of hydrogen-bond acceptors (Lipinski definition) is 7. The summed E-state index contributed by atoms with van der Waals surface area (Å²) in [5, 5.41) is 16.6. The molecule has 0 amide bonds. The number of nitrogens with zero attached hydrogens (tertiary/aromatic N) is 5.